The van der Waals surface area contributed by atoms with Crippen LogP contribution in [-0.2, 0) is 65.4 Å². The van der Waals surface area contributed by atoms with Gasteiger partial charge in [0, 0.05) is 25.4 Å². The van der Waals surface area contributed by atoms with Gasteiger partial charge < -0.3 is 63.3 Å². The monoisotopic (exact) mass is 956 g/mol. The molecule has 69 heavy (non-hydrogen) atoms. The van der Waals surface area contributed by atoms with E-state index < -0.39 is 97.3 Å². The molecule has 6 aliphatic rings. The van der Waals surface area contributed by atoms with Crippen LogP contribution in [0.25, 0.3) is 0 Å². The summed E-state index contributed by atoms with van der Waals surface area (Å²) < 4.78 is 62.0. The van der Waals surface area contributed by atoms with Crippen LogP contribution in [0.5, 0.6) is 0 Å². The molecule has 0 bridgehead atoms. The zero-order valence-corrected chi connectivity index (χ0v) is 39.0. The molecule has 5 heterocycles. The number of ether oxygens (including phenoxy) is 10. The first-order valence-corrected chi connectivity index (χ1v) is 23.6. The van der Waals surface area contributed by atoms with Gasteiger partial charge in [-0.2, -0.15) is 0 Å². The van der Waals surface area contributed by atoms with Crippen molar-refractivity contribution in [2.45, 2.75) is 126 Å². The second-order valence-electron chi connectivity index (χ2n) is 18.9. The number of benzene rings is 3. The van der Waals surface area contributed by atoms with E-state index in [1.54, 1.807) is 37.4 Å². The van der Waals surface area contributed by atoms with Gasteiger partial charge in [-0.3, -0.25) is 9.69 Å². The molecule has 3 aromatic rings. The molecule has 4 amide bonds. The number of alkyl carbamates (subject to hydrolysis) is 2. The Kier molecular flexibility index (Phi) is 14.7. The lowest BCUT2D eigenvalue weighted by molar-refractivity contribution is -0.361. The standard InChI is InChI=1S/C50H60N4O15/c1-28-20-36-42(43-40(54(4)49(59)69-43)46(64-36)66-39-22-37(65-44(56)33-18-12-7-13-19-33)50(27-63-39)26-60-25-38(55)53-50)68-45(28)67-41-30(3)29(2)34(51-47(57)61-23-31-14-8-5-9-15-31)21-35(41)52-48(58)62-24-32-16-10-6-11-17-32/h5-19,28-30,34-37,39-43,45-46H,20-27H2,1-4H3,(H,51,57)(H,52,58)(H,53,55)/t28?,29?,30-,34-,35?,36+,37-,39-,40?,41+,42?,43?,45+,46?,50?/m1/s1. The third-order valence-corrected chi connectivity index (χ3v) is 14.2. The van der Waals surface area contributed by atoms with Gasteiger partial charge in [-0.15, -0.1) is 0 Å². The van der Waals surface area contributed by atoms with Crippen LogP contribution >= 0.6 is 0 Å². The van der Waals surface area contributed by atoms with Gasteiger partial charge in [-0.25, -0.2) is 19.2 Å². The normalized spacial score (nSPS) is 35.1. The van der Waals surface area contributed by atoms with Crippen molar-refractivity contribution in [2.24, 2.45) is 17.8 Å². The van der Waals surface area contributed by atoms with Gasteiger partial charge in [0.05, 0.1) is 37.0 Å². The Morgan fingerprint density at radius 2 is 1.38 bits per heavy atom. The van der Waals surface area contributed by atoms with Gasteiger partial charge in [-0.05, 0) is 47.9 Å². The summed E-state index contributed by atoms with van der Waals surface area (Å²) in [6.45, 7) is 5.96. The summed E-state index contributed by atoms with van der Waals surface area (Å²) in [5, 5.41) is 8.99. The van der Waals surface area contributed by atoms with Gasteiger partial charge in [0.25, 0.3) is 0 Å². The number of rotatable bonds is 12. The van der Waals surface area contributed by atoms with Crippen LogP contribution in [-0.4, -0.2) is 135 Å². The number of nitrogens with one attached hydrogen (secondary N) is 3. The molecule has 8 unspecified atom stereocenters. The number of likely N-dealkylation sites (N-methyl/N-ethyl adjacent to an activating group) is 1. The minimum absolute atomic E-state index is 0.00708. The van der Waals surface area contributed by atoms with Crippen molar-refractivity contribution >= 4 is 30.2 Å². The molecule has 1 saturated carbocycles. The number of carbonyl (C=O) groups is 5. The van der Waals surface area contributed by atoms with E-state index in [-0.39, 0.29) is 63.1 Å². The Hall–Kier alpha value is -5.83. The molecule has 3 N–H and O–H groups in total. The van der Waals surface area contributed by atoms with Crippen LogP contribution in [0.1, 0.15) is 61.5 Å². The summed E-state index contributed by atoms with van der Waals surface area (Å²) in [5.41, 5.74) is 0.840. The van der Waals surface area contributed by atoms with E-state index in [1.807, 2.05) is 81.4 Å². The highest BCUT2D eigenvalue weighted by molar-refractivity contribution is 5.89. The van der Waals surface area contributed by atoms with Crippen LogP contribution in [0.3, 0.4) is 0 Å². The maximum atomic E-state index is 13.5. The molecule has 370 valence electrons. The largest absolute Gasteiger partial charge is 0.456 e. The van der Waals surface area contributed by atoms with Crippen LogP contribution in [0.2, 0.25) is 0 Å². The van der Waals surface area contributed by atoms with E-state index in [2.05, 4.69) is 16.0 Å². The maximum Gasteiger partial charge on any atom is 0.410 e. The van der Waals surface area contributed by atoms with E-state index in [9.17, 15) is 24.0 Å². The van der Waals surface area contributed by atoms with Gasteiger partial charge >= 0.3 is 24.2 Å². The fourth-order valence-electron chi connectivity index (χ4n) is 10.3. The number of fused-ring (bicyclic) bond motifs is 3. The molecule has 19 heteroatoms. The van der Waals surface area contributed by atoms with Crippen LogP contribution < -0.4 is 16.0 Å². The summed E-state index contributed by atoms with van der Waals surface area (Å²) in [5.74, 6) is -1.58. The first-order valence-electron chi connectivity index (χ1n) is 23.6. The smallest absolute Gasteiger partial charge is 0.410 e. The second kappa shape index (κ2) is 21.0. The van der Waals surface area contributed by atoms with Crippen molar-refractivity contribution in [1.82, 2.24) is 20.9 Å². The van der Waals surface area contributed by atoms with E-state index in [0.29, 0.717) is 18.4 Å². The van der Waals surface area contributed by atoms with E-state index in [1.165, 1.54) is 4.90 Å². The molecule has 0 radical (unpaired) electrons. The van der Waals surface area contributed by atoms with Crippen molar-refractivity contribution in [3.05, 3.63) is 108 Å². The zero-order chi connectivity index (χ0) is 48.2. The molecule has 6 fully saturated rings. The molecule has 15 atom stereocenters. The van der Waals surface area contributed by atoms with Crippen LogP contribution in [0.4, 0.5) is 14.4 Å². The highest BCUT2D eigenvalue weighted by Crippen LogP contribution is 2.44. The summed E-state index contributed by atoms with van der Waals surface area (Å²) in [4.78, 5) is 67.3. The van der Waals surface area contributed by atoms with Crippen LogP contribution in [0, 0.1) is 17.8 Å². The molecule has 1 spiro atoms. The summed E-state index contributed by atoms with van der Waals surface area (Å²) in [6, 6.07) is 25.4. The van der Waals surface area contributed by atoms with Crippen molar-refractivity contribution in [1.29, 1.82) is 0 Å². The molecule has 19 nitrogen and oxygen atoms in total. The van der Waals surface area contributed by atoms with Gasteiger partial charge in [-0.1, -0.05) is 99.6 Å². The van der Waals surface area contributed by atoms with Crippen molar-refractivity contribution < 1.29 is 71.3 Å². The highest BCUT2D eigenvalue weighted by atomic mass is 16.8. The highest BCUT2D eigenvalue weighted by Gasteiger charge is 2.60. The molecule has 0 aromatic heterocycles. The minimum atomic E-state index is -1.16. The molecule has 9 rings (SSSR count). The average Bonchev–Trinajstić information content (AvgIpc) is 3.66. The lowest BCUT2D eigenvalue weighted by atomic mass is 9.73. The topological polar surface area (TPSA) is 217 Å². The summed E-state index contributed by atoms with van der Waals surface area (Å²) >= 11 is 0. The Labute approximate surface area is 400 Å². The number of amides is 4. The van der Waals surface area contributed by atoms with Crippen molar-refractivity contribution in [2.75, 3.05) is 26.9 Å². The maximum absolute atomic E-state index is 13.5. The molecule has 5 aliphatic heterocycles. The summed E-state index contributed by atoms with van der Waals surface area (Å²) in [6.07, 6.45) is -7.73. The van der Waals surface area contributed by atoms with E-state index in [4.69, 9.17) is 47.4 Å². The molecular weight excluding hydrogens is 897 g/mol. The van der Waals surface area contributed by atoms with E-state index >= 15 is 0 Å². The number of nitrogens with zero attached hydrogens (tertiary/aromatic N) is 1. The Balaban J connectivity index is 0.884. The van der Waals surface area contributed by atoms with Crippen molar-refractivity contribution in [3.8, 4) is 0 Å². The number of hydrogen-bond acceptors (Lipinski definition) is 15. The number of hydrogen-bond donors (Lipinski definition) is 3. The zero-order valence-electron chi connectivity index (χ0n) is 39.0. The average molecular weight is 957 g/mol. The lowest BCUT2D eigenvalue weighted by Crippen LogP contribution is -2.70. The number of esters is 1. The Morgan fingerprint density at radius 3 is 2.03 bits per heavy atom. The first kappa shape index (κ1) is 48.2. The van der Waals surface area contributed by atoms with Crippen molar-refractivity contribution in [3.63, 3.8) is 0 Å². The quantitative estimate of drug-likeness (QED) is 0.164. The number of morpholine rings is 1. The predicted molar refractivity (Wildman–Crippen MR) is 241 cm³/mol. The Bertz CT molecular complexity index is 2280. The third kappa shape index (κ3) is 10.8. The lowest BCUT2D eigenvalue weighted by Gasteiger charge is -2.51. The van der Waals surface area contributed by atoms with E-state index in [0.717, 1.165) is 11.1 Å². The third-order valence-electron chi connectivity index (χ3n) is 14.2. The van der Waals surface area contributed by atoms with Crippen LogP contribution in [0.15, 0.2) is 91.0 Å². The minimum Gasteiger partial charge on any atom is -0.456 e. The molecule has 3 aromatic carbocycles. The number of carbonyl (C=O) groups excluding carboxylic acids is 5. The predicted octanol–water partition coefficient (Wildman–Crippen LogP) is 4.81. The fourth-order valence-corrected chi connectivity index (χ4v) is 10.3. The SMILES string of the molecule is CC1C[C@@H]2OC(O[C@@H]3C[C@@H](OC(=O)c4ccccc4)C4(COCC(=O)N4)CO3)C3C(OC(=O)N3C)C2O[C@@H]1O[C@@H]1C(NC(=O)OCc2ccccc2)C[C@@H](NC(=O)OCc2ccccc2)C(C)[C@H]1C. The van der Waals surface area contributed by atoms with Gasteiger partial charge in [0.1, 0.15) is 43.6 Å². The summed E-state index contributed by atoms with van der Waals surface area (Å²) in [7, 11) is 1.59. The molecule has 5 saturated heterocycles. The molecular formula is C50H60N4O15. The second-order valence-corrected chi connectivity index (χ2v) is 18.9. The first-order chi connectivity index (χ1) is 33.3. The Morgan fingerprint density at radius 1 is 0.739 bits per heavy atom. The molecule has 1 aliphatic carbocycles. The fraction of sp³-hybridized carbons (Fsp3) is 0.540. The van der Waals surface area contributed by atoms with Gasteiger partial charge in [0.2, 0.25) is 5.91 Å². The van der Waals surface area contributed by atoms with Gasteiger partial charge in [0.15, 0.2) is 25.0 Å².